The van der Waals surface area contributed by atoms with Crippen molar-refractivity contribution in [1.82, 2.24) is 9.97 Å². The summed E-state index contributed by atoms with van der Waals surface area (Å²) in [5, 5.41) is 0. The molecule has 0 bridgehead atoms. The normalized spacial score (nSPS) is 10.4. The van der Waals surface area contributed by atoms with Gasteiger partial charge in [-0.05, 0) is 0 Å². The highest BCUT2D eigenvalue weighted by Gasteiger charge is 2.10. The molecular formula is C9H16N4O3. The van der Waals surface area contributed by atoms with Gasteiger partial charge in [0.2, 0.25) is 5.88 Å². The topological polar surface area (TPSA) is 106 Å². The van der Waals surface area contributed by atoms with Crippen LogP contribution < -0.4 is 16.2 Å². The third-order valence-corrected chi connectivity index (χ3v) is 1.79. The Morgan fingerprint density at radius 1 is 1.06 bits per heavy atom. The number of aromatic nitrogens is 2. The van der Waals surface area contributed by atoms with Gasteiger partial charge in [0.05, 0.1) is 6.61 Å². The van der Waals surface area contributed by atoms with Crippen LogP contribution in [0.15, 0.2) is 0 Å². The highest BCUT2D eigenvalue weighted by Crippen LogP contribution is 2.23. The molecule has 0 unspecified atom stereocenters. The van der Waals surface area contributed by atoms with Gasteiger partial charge in [0.25, 0.3) is 0 Å². The Morgan fingerprint density at radius 2 is 1.81 bits per heavy atom. The van der Waals surface area contributed by atoms with Crippen molar-refractivity contribution in [2.75, 3.05) is 38.9 Å². The Bertz CT molecular complexity index is 346. The van der Waals surface area contributed by atoms with Crippen LogP contribution in [0.3, 0.4) is 0 Å². The first kappa shape index (κ1) is 12.5. The standard InChI is InChI=1S/C9H16N4O3/c1-14-3-4-16-9-7(10)8(11)12-6(13-9)5-15-2/h3-5,10H2,1-2H3,(H2,11,12,13). The lowest BCUT2D eigenvalue weighted by atomic mass is 10.4. The van der Waals surface area contributed by atoms with Crippen LogP contribution in [-0.2, 0) is 16.1 Å². The van der Waals surface area contributed by atoms with E-state index in [-0.39, 0.29) is 24.0 Å². The van der Waals surface area contributed by atoms with Crippen molar-refractivity contribution in [2.45, 2.75) is 6.61 Å². The fourth-order valence-corrected chi connectivity index (χ4v) is 1.04. The number of nitrogen functional groups attached to an aromatic ring is 2. The van der Waals surface area contributed by atoms with Crippen molar-refractivity contribution in [3.63, 3.8) is 0 Å². The van der Waals surface area contributed by atoms with Crippen molar-refractivity contribution in [3.05, 3.63) is 5.82 Å². The maximum absolute atomic E-state index is 5.67. The monoisotopic (exact) mass is 228 g/mol. The van der Waals surface area contributed by atoms with Gasteiger partial charge in [-0.25, -0.2) is 4.98 Å². The van der Waals surface area contributed by atoms with Gasteiger partial charge in [-0.3, -0.25) is 0 Å². The van der Waals surface area contributed by atoms with Gasteiger partial charge in [-0.1, -0.05) is 0 Å². The average molecular weight is 228 g/mol. The number of rotatable bonds is 6. The molecule has 0 fully saturated rings. The summed E-state index contributed by atoms with van der Waals surface area (Å²) in [4.78, 5) is 8.03. The van der Waals surface area contributed by atoms with Crippen LogP contribution >= 0.6 is 0 Å². The molecule has 0 radical (unpaired) electrons. The highest BCUT2D eigenvalue weighted by atomic mass is 16.5. The van der Waals surface area contributed by atoms with E-state index in [1.54, 1.807) is 14.2 Å². The Kier molecular flexibility index (Phi) is 4.74. The SMILES string of the molecule is COCCOc1nc(COC)nc(N)c1N. The third-order valence-electron chi connectivity index (χ3n) is 1.79. The lowest BCUT2D eigenvalue weighted by Gasteiger charge is -2.10. The molecule has 0 aliphatic rings. The van der Waals surface area contributed by atoms with Gasteiger partial charge in [-0.2, -0.15) is 4.98 Å². The zero-order valence-corrected chi connectivity index (χ0v) is 9.40. The molecule has 0 spiro atoms. The molecule has 0 aliphatic carbocycles. The molecule has 0 saturated carbocycles. The molecular weight excluding hydrogens is 212 g/mol. The maximum atomic E-state index is 5.67. The van der Waals surface area contributed by atoms with Crippen molar-refractivity contribution < 1.29 is 14.2 Å². The van der Waals surface area contributed by atoms with Crippen molar-refractivity contribution in [3.8, 4) is 5.88 Å². The zero-order chi connectivity index (χ0) is 12.0. The second kappa shape index (κ2) is 6.09. The summed E-state index contributed by atoms with van der Waals surface area (Å²) in [6.07, 6.45) is 0. The fourth-order valence-electron chi connectivity index (χ4n) is 1.04. The van der Waals surface area contributed by atoms with E-state index >= 15 is 0 Å². The molecule has 1 rings (SSSR count). The molecule has 0 saturated heterocycles. The first-order valence-corrected chi connectivity index (χ1v) is 4.71. The second-order valence-corrected chi connectivity index (χ2v) is 3.02. The Labute approximate surface area is 93.7 Å². The molecule has 7 nitrogen and oxygen atoms in total. The van der Waals surface area contributed by atoms with Crippen LogP contribution in [0.2, 0.25) is 0 Å². The van der Waals surface area contributed by atoms with Gasteiger partial charge in [0, 0.05) is 14.2 Å². The minimum atomic E-state index is 0.189. The van der Waals surface area contributed by atoms with Crippen molar-refractivity contribution >= 4 is 11.5 Å². The molecule has 0 amide bonds. The Balaban J connectivity index is 2.79. The largest absolute Gasteiger partial charge is 0.474 e. The molecule has 1 heterocycles. The molecule has 0 aliphatic heterocycles. The quantitative estimate of drug-likeness (QED) is 0.650. The predicted octanol–water partition coefficient (Wildman–Crippen LogP) is -0.187. The number of hydrogen-bond acceptors (Lipinski definition) is 7. The molecule has 1 aromatic heterocycles. The fraction of sp³-hybridized carbons (Fsp3) is 0.556. The maximum Gasteiger partial charge on any atom is 0.243 e. The number of anilines is 2. The Hall–Kier alpha value is -1.60. The summed E-state index contributed by atoms with van der Waals surface area (Å²) < 4.78 is 15.1. The van der Waals surface area contributed by atoms with Crippen LogP contribution in [0.4, 0.5) is 11.5 Å². The number of nitrogens with two attached hydrogens (primary N) is 2. The zero-order valence-electron chi connectivity index (χ0n) is 9.40. The van der Waals surface area contributed by atoms with E-state index in [9.17, 15) is 0 Å². The molecule has 0 atom stereocenters. The third kappa shape index (κ3) is 3.21. The number of hydrogen-bond donors (Lipinski definition) is 2. The van der Waals surface area contributed by atoms with Gasteiger partial charge >= 0.3 is 0 Å². The lowest BCUT2D eigenvalue weighted by molar-refractivity contribution is 0.142. The summed E-state index contributed by atoms with van der Waals surface area (Å²) in [6.45, 7) is 1.05. The molecule has 16 heavy (non-hydrogen) atoms. The summed E-state index contributed by atoms with van der Waals surface area (Å²) >= 11 is 0. The first-order chi connectivity index (χ1) is 7.69. The molecule has 0 aromatic carbocycles. The van der Waals surface area contributed by atoms with E-state index in [1.807, 2.05) is 0 Å². The van der Waals surface area contributed by atoms with E-state index in [0.29, 0.717) is 19.0 Å². The van der Waals surface area contributed by atoms with E-state index < -0.39 is 0 Å². The lowest BCUT2D eigenvalue weighted by Crippen LogP contribution is -2.11. The predicted molar refractivity (Wildman–Crippen MR) is 58.9 cm³/mol. The van der Waals surface area contributed by atoms with E-state index in [4.69, 9.17) is 25.7 Å². The number of methoxy groups -OCH3 is 2. The number of nitrogens with zero attached hydrogens (tertiary/aromatic N) is 2. The molecule has 7 heteroatoms. The molecule has 1 aromatic rings. The van der Waals surface area contributed by atoms with Crippen molar-refractivity contribution in [1.29, 1.82) is 0 Å². The second-order valence-electron chi connectivity index (χ2n) is 3.02. The smallest absolute Gasteiger partial charge is 0.243 e. The summed E-state index contributed by atoms with van der Waals surface area (Å²) in [6, 6.07) is 0. The van der Waals surface area contributed by atoms with Crippen LogP contribution in [0, 0.1) is 0 Å². The van der Waals surface area contributed by atoms with Gasteiger partial charge in [-0.15, -0.1) is 0 Å². The van der Waals surface area contributed by atoms with E-state index in [2.05, 4.69) is 9.97 Å². The summed E-state index contributed by atoms with van der Waals surface area (Å²) in [5.74, 6) is 0.882. The van der Waals surface area contributed by atoms with Crippen LogP contribution in [0.25, 0.3) is 0 Å². The minimum absolute atomic E-state index is 0.189. The average Bonchev–Trinajstić information content (AvgIpc) is 2.25. The first-order valence-electron chi connectivity index (χ1n) is 4.71. The van der Waals surface area contributed by atoms with Crippen LogP contribution in [-0.4, -0.2) is 37.4 Å². The molecule has 4 N–H and O–H groups in total. The van der Waals surface area contributed by atoms with Crippen LogP contribution in [0.5, 0.6) is 5.88 Å². The highest BCUT2D eigenvalue weighted by molar-refractivity contribution is 5.64. The Morgan fingerprint density at radius 3 is 2.44 bits per heavy atom. The minimum Gasteiger partial charge on any atom is -0.474 e. The summed E-state index contributed by atoms with van der Waals surface area (Å²) in [5.41, 5.74) is 11.5. The molecule has 90 valence electrons. The van der Waals surface area contributed by atoms with Crippen molar-refractivity contribution in [2.24, 2.45) is 0 Å². The van der Waals surface area contributed by atoms with Gasteiger partial charge in [0.1, 0.15) is 18.9 Å². The summed E-state index contributed by atoms with van der Waals surface area (Å²) in [7, 11) is 3.12. The number of ether oxygens (including phenoxy) is 3. The van der Waals surface area contributed by atoms with Gasteiger partial charge < -0.3 is 25.7 Å². The van der Waals surface area contributed by atoms with E-state index in [0.717, 1.165) is 0 Å². The van der Waals surface area contributed by atoms with E-state index in [1.165, 1.54) is 0 Å². The van der Waals surface area contributed by atoms with Crippen LogP contribution in [0.1, 0.15) is 5.82 Å². The van der Waals surface area contributed by atoms with Gasteiger partial charge in [0.15, 0.2) is 11.6 Å².